The van der Waals surface area contributed by atoms with E-state index in [0.717, 1.165) is 25.1 Å². The molecule has 2 heterocycles. The van der Waals surface area contributed by atoms with Crippen LogP contribution < -0.4 is 16.2 Å². The van der Waals surface area contributed by atoms with Crippen LogP contribution in [-0.4, -0.2) is 51.6 Å². The Hall–Kier alpha value is -3.33. The molecule has 6 atom stereocenters. The number of halogens is 2. The van der Waals surface area contributed by atoms with E-state index in [-0.39, 0.29) is 40.6 Å². The molecule has 42 heavy (non-hydrogen) atoms. The number of guanidine groups is 1. The number of aliphatic imine (C=N–C) groups is 1. The standard InChI is InChI=1S/C33H42F2N6O/c1-19-16-41(17-20(2)37-19)32(38-28-13-23-12-26(21(28)3)33(23,4)5)39-30-15-29-25(14-27(30)35)31(42)40(18-36-29)11-10-22-6-8-24(34)9-7-22/h6-9,14-15,18-21,23,26,28,37H,10-13,16-17H2,1-5H3,(H,38,39)/t19-,20+,21-,23-,26+,28-/m0/s1. The van der Waals surface area contributed by atoms with Crippen molar-refractivity contribution >= 4 is 22.5 Å². The summed E-state index contributed by atoms with van der Waals surface area (Å²) in [5.74, 6) is 1.65. The van der Waals surface area contributed by atoms with Crippen LogP contribution in [0.4, 0.5) is 14.5 Å². The molecule has 0 unspecified atom stereocenters. The van der Waals surface area contributed by atoms with E-state index in [4.69, 9.17) is 4.99 Å². The molecule has 3 aliphatic carbocycles. The fourth-order valence-corrected chi connectivity index (χ4v) is 7.60. The van der Waals surface area contributed by atoms with Gasteiger partial charge in [0.15, 0.2) is 5.96 Å². The van der Waals surface area contributed by atoms with Gasteiger partial charge in [-0.3, -0.25) is 9.36 Å². The largest absolute Gasteiger partial charge is 0.340 e. The van der Waals surface area contributed by atoms with Crippen molar-refractivity contribution in [2.75, 3.05) is 18.4 Å². The molecule has 3 aromatic rings. The number of anilines is 1. The first-order chi connectivity index (χ1) is 20.0. The fraction of sp³-hybridized carbons (Fsp3) is 0.545. The highest BCUT2D eigenvalue weighted by atomic mass is 19.1. The molecule has 3 saturated carbocycles. The predicted octanol–water partition coefficient (Wildman–Crippen LogP) is 5.44. The molecule has 4 fully saturated rings. The lowest BCUT2D eigenvalue weighted by Crippen LogP contribution is -2.59. The zero-order valence-electron chi connectivity index (χ0n) is 25.2. The third-order valence-corrected chi connectivity index (χ3v) is 10.2. The van der Waals surface area contributed by atoms with Gasteiger partial charge in [0.25, 0.3) is 5.56 Å². The minimum Gasteiger partial charge on any atom is -0.340 e. The van der Waals surface area contributed by atoms with E-state index in [1.165, 1.54) is 35.5 Å². The lowest BCUT2D eigenvalue weighted by Gasteiger charge is -2.61. The predicted molar refractivity (Wildman–Crippen MR) is 164 cm³/mol. The summed E-state index contributed by atoms with van der Waals surface area (Å²) in [5, 5.41) is 7.15. The van der Waals surface area contributed by atoms with E-state index in [2.05, 4.69) is 55.1 Å². The molecular weight excluding hydrogens is 534 g/mol. The van der Waals surface area contributed by atoms with Crippen LogP contribution in [-0.2, 0) is 13.0 Å². The summed E-state index contributed by atoms with van der Waals surface area (Å²) in [7, 11) is 0. The van der Waals surface area contributed by atoms with E-state index in [0.29, 0.717) is 47.6 Å². The summed E-state index contributed by atoms with van der Waals surface area (Å²) in [6.45, 7) is 13.3. The first-order valence-electron chi connectivity index (χ1n) is 15.3. The van der Waals surface area contributed by atoms with Crippen LogP contribution in [0, 0.1) is 34.8 Å². The zero-order chi connectivity index (χ0) is 29.8. The molecule has 0 radical (unpaired) electrons. The molecule has 2 bridgehead atoms. The van der Waals surface area contributed by atoms with E-state index in [9.17, 15) is 9.18 Å². The van der Waals surface area contributed by atoms with Crippen LogP contribution in [0.1, 0.15) is 53.0 Å². The lowest BCUT2D eigenvalue weighted by atomic mass is 9.45. The molecule has 1 saturated heterocycles. The number of hydrogen-bond donors (Lipinski definition) is 2. The Labute approximate surface area is 246 Å². The highest BCUT2D eigenvalue weighted by Gasteiger charge is 2.56. The molecular formula is C33H42F2N6O. The average molecular weight is 577 g/mol. The van der Waals surface area contributed by atoms with Gasteiger partial charge in [-0.1, -0.05) is 32.9 Å². The van der Waals surface area contributed by atoms with Gasteiger partial charge in [-0.15, -0.1) is 0 Å². The maximum Gasteiger partial charge on any atom is 0.261 e. The van der Waals surface area contributed by atoms with Gasteiger partial charge >= 0.3 is 0 Å². The normalized spacial score (nSPS) is 28.9. The topological polar surface area (TPSA) is 74.5 Å². The number of rotatable bonds is 5. The van der Waals surface area contributed by atoms with E-state index < -0.39 is 5.82 Å². The number of hydrogen-bond acceptors (Lipinski definition) is 4. The fourth-order valence-electron chi connectivity index (χ4n) is 7.60. The van der Waals surface area contributed by atoms with Crippen molar-refractivity contribution in [3.8, 4) is 0 Å². The van der Waals surface area contributed by atoms with E-state index >= 15 is 4.39 Å². The second kappa shape index (κ2) is 11.1. The number of nitrogens with one attached hydrogen (secondary N) is 2. The van der Waals surface area contributed by atoms with Gasteiger partial charge < -0.3 is 15.5 Å². The highest BCUT2D eigenvalue weighted by Crippen LogP contribution is 2.61. The smallest absolute Gasteiger partial charge is 0.261 e. The maximum atomic E-state index is 15.7. The summed E-state index contributed by atoms with van der Waals surface area (Å²) >= 11 is 0. The summed E-state index contributed by atoms with van der Waals surface area (Å²) < 4.78 is 30.4. The zero-order valence-corrected chi connectivity index (χ0v) is 25.2. The van der Waals surface area contributed by atoms with E-state index in [1.54, 1.807) is 18.2 Å². The molecule has 224 valence electrons. The van der Waals surface area contributed by atoms with Gasteiger partial charge in [-0.25, -0.2) is 18.8 Å². The van der Waals surface area contributed by atoms with Crippen LogP contribution in [0.3, 0.4) is 0 Å². The van der Waals surface area contributed by atoms with Crippen molar-refractivity contribution in [2.45, 2.75) is 78.6 Å². The van der Waals surface area contributed by atoms with Crippen molar-refractivity contribution in [3.05, 3.63) is 70.3 Å². The van der Waals surface area contributed by atoms with E-state index in [1.807, 2.05) is 0 Å². The SMILES string of the molecule is C[C@@H]1[C@@H](N=C(Nc2cc3ncn(CCc4ccc(F)cc4)c(=O)c3cc2F)N2C[C@@H](C)N[C@@H](C)C2)C[C@@H]2C[C@H]1C2(C)C. The Morgan fingerprint density at radius 2 is 1.81 bits per heavy atom. The third-order valence-electron chi connectivity index (χ3n) is 10.2. The summed E-state index contributed by atoms with van der Waals surface area (Å²) in [5.41, 5.74) is 1.66. The summed E-state index contributed by atoms with van der Waals surface area (Å²) in [4.78, 5) is 25.3. The average Bonchev–Trinajstić information content (AvgIpc) is 2.94. The molecule has 1 aliphatic heterocycles. The number of aromatic nitrogens is 2. The molecule has 7 rings (SSSR count). The van der Waals surface area contributed by atoms with Crippen molar-refractivity contribution in [3.63, 3.8) is 0 Å². The molecule has 7 nitrogen and oxygen atoms in total. The van der Waals surface area contributed by atoms with Crippen LogP contribution in [0.25, 0.3) is 10.9 Å². The van der Waals surface area contributed by atoms with Crippen LogP contribution in [0.2, 0.25) is 0 Å². The molecule has 2 N–H and O–H groups in total. The number of piperazine rings is 1. The lowest BCUT2D eigenvalue weighted by molar-refractivity contribution is -0.108. The van der Waals surface area contributed by atoms with Crippen molar-refractivity contribution < 1.29 is 8.78 Å². The van der Waals surface area contributed by atoms with Crippen LogP contribution >= 0.6 is 0 Å². The second-order valence-corrected chi connectivity index (χ2v) is 13.4. The quantitative estimate of drug-likeness (QED) is 0.313. The minimum atomic E-state index is -0.512. The van der Waals surface area contributed by atoms with Crippen molar-refractivity contribution in [1.29, 1.82) is 0 Å². The van der Waals surface area contributed by atoms with Crippen molar-refractivity contribution in [1.82, 2.24) is 19.8 Å². The van der Waals surface area contributed by atoms with Gasteiger partial charge in [0.2, 0.25) is 0 Å². The van der Waals surface area contributed by atoms with Crippen LogP contribution in [0.15, 0.2) is 52.5 Å². The molecule has 1 aromatic heterocycles. The number of nitrogens with zero attached hydrogens (tertiary/aromatic N) is 4. The van der Waals surface area contributed by atoms with Gasteiger partial charge in [0.05, 0.1) is 29.0 Å². The Bertz CT molecular complexity index is 1540. The number of aryl methyl sites for hydroxylation is 2. The molecule has 4 aliphatic rings. The second-order valence-electron chi connectivity index (χ2n) is 13.4. The minimum absolute atomic E-state index is 0.180. The summed E-state index contributed by atoms with van der Waals surface area (Å²) in [6.07, 6.45) is 4.36. The third kappa shape index (κ3) is 5.43. The molecule has 0 spiro atoms. The van der Waals surface area contributed by atoms with Gasteiger partial charge in [-0.05, 0) is 86.1 Å². The van der Waals surface area contributed by atoms with Crippen LogP contribution in [0.5, 0.6) is 0 Å². The number of benzene rings is 2. The first kappa shape index (κ1) is 28.8. The van der Waals surface area contributed by atoms with Gasteiger partial charge in [0, 0.05) is 31.7 Å². The Morgan fingerprint density at radius 1 is 1.10 bits per heavy atom. The number of fused-ring (bicyclic) bond motifs is 3. The Kier molecular flexibility index (Phi) is 7.58. The highest BCUT2D eigenvalue weighted by molar-refractivity contribution is 5.96. The molecule has 0 amide bonds. The summed E-state index contributed by atoms with van der Waals surface area (Å²) in [6, 6.07) is 9.82. The Morgan fingerprint density at radius 3 is 2.48 bits per heavy atom. The van der Waals surface area contributed by atoms with Gasteiger partial charge in [0.1, 0.15) is 11.6 Å². The maximum absolute atomic E-state index is 15.7. The first-order valence-corrected chi connectivity index (χ1v) is 15.3. The molecule has 9 heteroatoms. The molecule has 2 aromatic carbocycles. The Balaban J connectivity index is 1.28. The van der Waals surface area contributed by atoms with Crippen molar-refractivity contribution in [2.24, 2.45) is 28.2 Å². The monoisotopic (exact) mass is 576 g/mol. The van der Waals surface area contributed by atoms with Gasteiger partial charge in [-0.2, -0.15) is 0 Å².